The topological polar surface area (TPSA) is 12.5 Å². The van der Waals surface area contributed by atoms with Gasteiger partial charge >= 0.3 is 0 Å². The molecule has 1 aliphatic rings. The maximum absolute atomic E-state index is 5.67. The summed E-state index contributed by atoms with van der Waals surface area (Å²) in [7, 11) is 0. The smallest absolute Gasteiger partial charge is 0.119 e. The van der Waals surface area contributed by atoms with Gasteiger partial charge in [0.15, 0.2) is 0 Å². The number of rotatable bonds is 7. The van der Waals surface area contributed by atoms with Crippen molar-refractivity contribution >= 4 is 11.8 Å². The van der Waals surface area contributed by atoms with Gasteiger partial charge in [0, 0.05) is 4.90 Å². The first-order chi connectivity index (χ1) is 10.9. The lowest BCUT2D eigenvalue weighted by atomic mass is 10.1. The van der Waals surface area contributed by atoms with Crippen LogP contribution in [-0.2, 0) is 0 Å². The Kier molecular flexibility index (Phi) is 8.30. The van der Waals surface area contributed by atoms with E-state index in [9.17, 15) is 0 Å². The lowest BCUT2D eigenvalue weighted by Crippen LogP contribution is -2.29. The van der Waals surface area contributed by atoms with E-state index in [2.05, 4.69) is 47.9 Å². The molecule has 0 aliphatic carbocycles. The fraction of sp³-hybridized carbons (Fsp3) is 0.579. The minimum atomic E-state index is 0.810. The monoisotopic (exact) mass is 317 g/mol. The molecule has 1 fully saturated rings. The van der Waals surface area contributed by atoms with Crippen molar-refractivity contribution < 1.29 is 4.74 Å². The molecule has 2 rings (SSSR count). The molecule has 3 heteroatoms. The van der Waals surface area contributed by atoms with Crippen molar-refractivity contribution in [2.45, 2.75) is 43.9 Å². The number of piperidine rings is 1. The first-order valence-electron chi connectivity index (χ1n) is 8.42. The molecule has 0 unspecified atom stereocenters. The Hall–Kier alpha value is -1.11. The average Bonchev–Trinajstić information content (AvgIpc) is 2.57. The van der Waals surface area contributed by atoms with E-state index in [-0.39, 0.29) is 0 Å². The predicted octanol–water partition coefficient (Wildman–Crippen LogP) is 4.45. The third-order valence-electron chi connectivity index (χ3n) is 3.78. The van der Waals surface area contributed by atoms with Gasteiger partial charge in [0.2, 0.25) is 0 Å². The van der Waals surface area contributed by atoms with Crippen molar-refractivity contribution in [2.24, 2.45) is 0 Å². The van der Waals surface area contributed by atoms with E-state index in [0.717, 1.165) is 31.1 Å². The summed E-state index contributed by atoms with van der Waals surface area (Å²) in [6, 6.07) is 8.36. The van der Waals surface area contributed by atoms with Crippen molar-refractivity contribution in [1.29, 1.82) is 0 Å². The molecule has 1 heterocycles. The Morgan fingerprint density at radius 2 is 1.86 bits per heavy atom. The van der Waals surface area contributed by atoms with Crippen molar-refractivity contribution in [3.05, 3.63) is 24.3 Å². The highest BCUT2D eigenvalue weighted by molar-refractivity contribution is 7.99. The van der Waals surface area contributed by atoms with E-state index >= 15 is 0 Å². The molecule has 0 saturated carbocycles. The first kappa shape index (κ1) is 17.2. The van der Waals surface area contributed by atoms with Crippen molar-refractivity contribution in [1.82, 2.24) is 4.90 Å². The van der Waals surface area contributed by atoms with Crippen LogP contribution in [0.15, 0.2) is 29.2 Å². The van der Waals surface area contributed by atoms with Crippen LogP contribution in [0.5, 0.6) is 5.75 Å². The molecule has 1 aromatic carbocycles. The molecule has 2 nitrogen and oxygen atoms in total. The van der Waals surface area contributed by atoms with Gasteiger partial charge in [-0.15, -0.1) is 11.8 Å². The Morgan fingerprint density at radius 3 is 2.59 bits per heavy atom. The second-order valence-corrected chi connectivity index (χ2v) is 6.70. The van der Waals surface area contributed by atoms with Crippen molar-refractivity contribution in [3.8, 4) is 17.6 Å². The predicted molar refractivity (Wildman–Crippen MR) is 95.6 cm³/mol. The zero-order chi connectivity index (χ0) is 15.5. The van der Waals surface area contributed by atoms with Gasteiger partial charge in [-0.05, 0) is 56.6 Å². The summed E-state index contributed by atoms with van der Waals surface area (Å²) in [6.45, 7) is 6.37. The zero-order valence-corrected chi connectivity index (χ0v) is 14.5. The standard InChI is InChI=1S/C19H27NOS/c1-2-3-16-21-18-9-11-19(12-10-18)22-17-8-7-15-20-13-5-4-6-14-20/h9-12H,2-6,13-17H2,1H3. The van der Waals surface area contributed by atoms with Crippen LogP contribution in [0.4, 0.5) is 0 Å². The summed E-state index contributed by atoms with van der Waals surface area (Å²) in [5, 5.41) is 0. The van der Waals surface area contributed by atoms with Gasteiger partial charge in [-0.2, -0.15) is 0 Å². The molecule has 22 heavy (non-hydrogen) atoms. The number of nitrogens with zero attached hydrogens (tertiary/aromatic N) is 1. The van der Waals surface area contributed by atoms with Gasteiger partial charge in [0.05, 0.1) is 18.9 Å². The minimum Gasteiger partial charge on any atom is -0.494 e. The average molecular weight is 317 g/mol. The molecule has 1 saturated heterocycles. The van der Waals surface area contributed by atoms with E-state index in [1.165, 1.54) is 43.7 Å². The fourth-order valence-corrected chi connectivity index (χ4v) is 3.09. The molecular formula is C19H27NOS. The lowest BCUT2D eigenvalue weighted by molar-refractivity contribution is 0.255. The number of ether oxygens (including phenoxy) is 1. The van der Waals surface area contributed by atoms with E-state index in [4.69, 9.17) is 4.74 Å². The largest absolute Gasteiger partial charge is 0.494 e. The molecule has 0 radical (unpaired) electrons. The number of thioether (sulfide) groups is 1. The minimum absolute atomic E-state index is 0.810. The molecular weight excluding hydrogens is 290 g/mol. The molecule has 1 aromatic rings. The van der Waals surface area contributed by atoms with Gasteiger partial charge in [0.1, 0.15) is 5.75 Å². The summed E-state index contributed by atoms with van der Waals surface area (Å²) >= 11 is 1.80. The molecule has 0 bridgehead atoms. The molecule has 0 spiro atoms. The molecule has 1 aliphatic heterocycles. The third-order valence-corrected chi connectivity index (χ3v) is 4.67. The van der Waals surface area contributed by atoms with E-state index in [1.807, 2.05) is 0 Å². The summed E-state index contributed by atoms with van der Waals surface area (Å²) in [5.74, 6) is 8.41. The van der Waals surface area contributed by atoms with Crippen LogP contribution in [0.25, 0.3) is 0 Å². The van der Waals surface area contributed by atoms with Gasteiger partial charge in [-0.25, -0.2) is 0 Å². The third kappa shape index (κ3) is 6.77. The van der Waals surface area contributed by atoms with Crippen LogP contribution < -0.4 is 4.74 Å². The zero-order valence-electron chi connectivity index (χ0n) is 13.6. The SMILES string of the molecule is CCCCOc1ccc(SCC#CCN2CCCCC2)cc1. The number of hydrogen-bond donors (Lipinski definition) is 0. The van der Waals surface area contributed by atoms with Gasteiger partial charge in [-0.1, -0.05) is 31.6 Å². The number of hydrogen-bond acceptors (Lipinski definition) is 3. The second kappa shape index (κ2) is 10.6. The number of unbranched alkanes of at least 4 members (excludes halogenated alkanes) is 1. The maximum Gasteiger partial charge on any atom is 0.119 e. The van der Waals surface area contributed by atoms with Crippen LogP contribution in [0.3, 0.4) is 0 Å². The summed E-state index contributed by atoms with van der Waals surface area (Å²) in [6.07, 6.45) is 6.34. The highest BCUT2D eigenvalue weighted by Gasteiger charge is 2.07. The normalized spacial score (nSPS) is 15.1. The molecule has 0 aromatic heterocycles. The second-order valence-electron chi connectivity index (χ2n) is 5.65. The van der Waals surface area contributed by atoms with E-state index in [1.54, 1.807) is 11.8 Å². The van der Waals surface area contributed by atoms with Crippen LogP contribution in [0.2, 0.25) is 0 Å². The van der Waals surface area contributed by atoms with Crippen LogP contribution >= 0.6 is 11.8 Å². The summed E-state index contributed by atoms with van der Waals surface area (Å²) < 4.78 is 5.67. The summed E-state index contributed by atoms with van der Waals surface area (Å²) in [5.41, 5.74) is 0. The fourth-order valence-electron chi connectivity index (χ4n) is 2.42. The summed E-state index contributed by atoms with van der Waals surface area (Å²) in [4.78, 5) is 3.72. The van der Waals surface area contributed by atoms with Crippen molar-refractivity contribution in [2.75, 3.05) is 32.0 Å². The Bertz CT molecular complexity index is 468. The van der Waals surface area contributed by atoms with Gasteiger partial charge in [-0.3, -0.25) is 4.90 Å². The molecule has 0 N–H and O–H groups in total. The Morgan fingerprint density at radius 1 is 1.09 bits per heavy atom. The highest BCUT2D eigenvalue weighted by Crippen LogP contribution is 2.21. The van der Waals surface area contributed by atoms with Crippen LogP contribution in [0.1, 0.15) is 39.0 Å². The number of benzene rings is 1. The lowest BCUT2D eigenvalue weighted by Gasteiger charge is -2.23. The van der Waals surface area contributed by atoms with Gasteiger partial charge in [0.25, 0.3) is 0 Å². The Balaban J connectivity index is 1.64. The first-order valence-corrected chi connectivity index (χ1v) is 9.41. The van der Waals surface area contributed by atoms with E-state index in [0.29, 0.717) is 0 Å². The quantitative estimate of drug-likeness (QED) is 0.419. The molecule has 0 atom stereocenters. The van der Waals surface area contributed by atoms with Gasteiger partial charge < -0.3 is 4.74 Å². The van der Waals surface area contributed by atoms with Crippen LogP contribution in [0, 0.1) is 11.8 Å². The highest BCUT2D eigenvalue weighted by atomic mass is 32.2. The molecule has 120 valence electrons. The Labute approximate surface area is 139 Å². The van der Waals surface area contributed by atoms with E-state index < -0.39 is 0 Å². The molecule has 0 amide bonds. The maximum atomic E-state index is 5.67. The van der Waals surface area contributed by atoms with Crippen molar-refractivity contribution in [3.63, 3.8) is 0 Å². The van der Waals surface area contributed by atoms with Crippen LogP contribution in [-0.4, -0.2) is 36.9 Å². The number of likely N-dealkylation sites (tertiary alicyclic amines) is 1.